The Morgan fingerprint density at radius 1 is 1.38 bits per heavy atom. The van der Waals surface area contributed by atoms with E-state index in [0.29, 0.717) is 0 Å². The van der Waals surface area contributed by atoms with E-state index in [-0.39, 0.29) is 0 Å². The van der Waals surface area contributed by atoms with Crippen LogP contribution >= 0.6 is 11.8 Å². The first-order valence-electron chi connectivity index (χ1n) is 5.97. The van der Waals surface area contributed by atoms with Gasteiger partial charge >= 0.3 is 0 Å². The molecule has 90 valence electrons. The standard InChI is InChI=1S/C12H20N2OS/c1-4-14(6-9-16-8-1)5-3-13-10-12-2-7-15-11-12/h2,7,11,13H,1,3-6,8-10H2. The molecule has 0 atom stereocenters. The van der Waals surface area contributed by atoms with Gasteiger partial charge in [-0.3, -0.25) is 0 Å². The summed E-state index contributed by atoms with van der Waals surface area (Å²) >= 11 is 2.08. The van der Waals surface area contributed by atoms with Gasteiger partial charge in [0.15, 0.2) is 0 Å². The average Bonchev–Trinajstić information content (AvgIpc) is 2.68. The molecule has 0 aliphatic carbocycles. The summed E-state index contributed by atoms with van der Waals surface area (Å²) < 4.78 is 5.02. The molecule has 1 fully saturated rings. The summed E-state index contributed by atoms with van der Waals surface area (Å²) in [6.45, 7) is 5.66. The van der Waals surface area contributed by atoms with Crippen LogP contribution in [0.1, 0.15) is 12.0 Å². The van der Waals surface area contributed by atoms with Gasteiger partial charge in [0.25, 0.3) is 0 Å². The lowest BCUT2D eigenvalue weighted by atomic mass is 10.3. The molecule has 2 heterocycles. The third kappa shape index (κ3) is 4.20. The third-order valence-electron chi connectivity index (χ3n) is 2.83. The highest BCUT2D eigenvalue weighted by Crippen LogP contribution is 2.09. The second-order valence-corrected chi connectivity index (χ2v) is 5.34. The summed E-state index contributed by atoms with van der Waals surface area (Å²) in [5.41, 5.74) is 1.23. The molecule has 0 saturated carbocycles. The maximum absolute atomic E-state index is 5.02. The minimum Gasteiger partial charge on any atom is -0.472 e. The zero-order chi connectivity index (χ0) is 11.1. The van der Waals surface area contributed by atoms with E-state index >= 15 is 0 Å². The van der Waals surface area contributed by atoms with Crippen LogP contribution in [0.5, 0.6) is 0 Å². The lowest BCUT2D eigenvalue weighted by Crippen LogP contribution is -2.33. The average molecular weight is 240 g/mol. The quantitative estimate of drug-likeness (QED) is 0.795. The van der Waals surface area contributed by atoms with Crippen LogP contribution in [0, 0.1) is 0 Å². The Morgan fingerprint density at radius 3 is 3.25 bits per heavy atom. The third-order valence-corrected chi connectivity index (χ3v) is 3.88. The summed E-state index contributed by atoms with van der Waals surface area (Å²) in [5, 5.41) is 3.45. The summed E-state index contributed by atoms with van der Waals surface area (Å²) in [7, 11) is 0. The Labute approximate surface area is 102 Å². The highest BCUT2D eigenvalue weighted by atomic mass is 32.2. The monoisotopic (exact) mass is 240 g/mol. The maximum Gasteiger partial charge on any atom is 0.0947 e. The first-order chi connectivity index (χ1) is 7.95. The fourth-order valence-corrected chi connectivity index (χ4v) is 2.81. The van der Waals surface area contributed by atoms with Crippen molar-refractivity contribution in [2.45, 2.75) is 13.0 Å². The fourth-order valence-electron chi connectivity index (χ4n) is 1.88. The van der Waals surface area contributed by atoms with Crippen LogP contribution in [0.3, 0.4) is 0 Å². The fraction of sp³-hybridized carbons (Fsp3) is 0.667. The Hall–Kier alpha value is -0.450. The normalized spacial score (nSPS) is 18.5. The van der Waals surface area contributed by atoms with Gasteiger partial charge in [0.2, 0.25) is 0 Å². The Kier molecular flexibility index (Phi) is 5.25. The molecule has 0 aromatic carbocycles. The van der Waals surface area contributed by atoms with Crippen LogP contribution in [0.2, 0.25) is 0 Å². The minimum absolute atomic E-state index is 0.916. The van der Waals surface area contributed by atoms with Crippen molar-refractivity contribution >= 4 is 11.8 Å². The second kappa shape index (κ2) is 6.99. The Balaban J connectivity index is 1.56. The van der Waals surface area contributed by atoms with E-state index in [2.05, 4.69) is 22.0 Å². The molecule has 1 N–H and O–H groups in total. The topological polar surface area (TPSA) is 28.4 Å². The van der Waals surface area contributed by atoms with Crippen molar-refractivity contribution in [1.29, 1.82) is 0 Å². The molecule has 1 saturated heterocycles. The summed E-state index contributed by atoms with van der Waals surface area (Å²) in [6.07, 6.45) is 4.87. The number of nitrogens with one attached hydrogen (secondary N) is 1. The van der Waals surface area contributed by atoms with Crippen molar-refractivity contribution in [3.8, 4) is 0 Å². The highest BCUT2D eigenvalue weighted by Gasteiger charge is 2.07. The van der Waals surface area contributed by atoms with Gasteiger partial charge in [0.1, 0.15) is 0 Å². The van der Waals surface area contributed by atoms with E-state index in [1.807, 2.05) is 6.07 Å². The molecule has 3 nitrogen and oxygen atoms in total. The van der Waals surface area contributed by atoms with Crippen LogP contribution in [0.25, 0.3) is 0 Å². The molecule has 0 bridgehead atoms. The molecular weight excluding hydrogens is 220 g/mol. The van der Waals surface area contributed by atoms with Gasteiger partial charge < -0.3 is 14.6 Å². The number of hydrogen-bond donors (Lipinski definition) is 1. The molecule has 16 heavy (non-hydrogen) atoms. The Bertz CT molecular complexity index is 269. The van der Waals surface area contributed by atoms with Crippen molar-refractivity contribution in [2.75, 3.05) is 37.7 Å². The van der Waals surface area contributed by atoms with Crippen molar-refractivity contribution in [3.63, 3.8) is 0 Å². The predicted molar refractivity (Wildman–Crippen MR) is 68.8 cm³/mol. The Morgan fingerprint density at radius 2 is 2.38 bits per heavy atom. The van der Waals surface area contributed by atoms with Crippen LogP contribution in [-0.4, -0.2) is 42.6 Å². The molecule has 1 aromatic heterocycles. The van der Waals surface area contributed by atoms with Gasteiger partial charge in [-0.15, -0.1) is 0 Å². The SMILES string of the molecule is c1cc(CNCCN2CCCSCC2)co1. The maximum atomic E-state index is 5.02. The zero-order valence-electron chi connectivity index (χ0n) is 9.65. The summed E-state index contributed by atoms with van der Waals surface area (Å²) in [5.74, 6) is 2.63. The molecule has 0 amide bonds. The lowest BCUT2D eigenvalue weighted by Gasteiger charge is -2.19. The summed E-state index contributed by atoms with van der Waals surface area (Å²) in [6, 6.07) is 2.01. The molecule has 4 heteroatoms. The summed E-state index contributed by atoms with van der Waals surface area (Å²) in [4.78, 5) is 2.56. The van der Waals surface area contributed by atoms with E-state index < -0.39 is 0 Å². The van der Waals surface area contributed by atoms with E-state index in [4.69, 9.17) is 4.42 Å². The molecule has 0 spiro atoms. The number of hydrogen-bond acceptors (Lipinski definition) is 4. The van der Waals surface area contributed by atoms with E-state index in [9.17, 15) is 0 Å². The van der Waals surface area contributed by atoms with E-state index in [1.165, 1.54) is 43.1 Å². The molecule has 1 aliphatic heterocycles. The molecule has 0 radical (unpaired) electrons. The van der Waals surface area contributed by atoms with Crippen molar-refractivity contribution in [3.05, 3.63) is 24.2 Å². The first kappa shape index (κ1) is 12.0. The van der Waals surface area contributed by atoms with Gasteiger partial charge in [0, 0.05) is 37.5 Å². The largest absolute Gasteiger partial charge is 0.472 e. The highest BCUT2D eigenvalue weighted by molar-refractivity contribution is 7.99. The van der Waals surface area contributed by atoms with Crippen molar-refractivity contribution in [2.24, 2.45) is 0 Å². The predicted octanol–water partition coefficient (Wildman–Crippen LogP) is 1.81. The first-order valence-corrected chi connectivity index (χ1v) is 7.12. The van der Waals surface area contributed by atoms with E-state index in [1.54, 1.807) is 12.5 Å². The van der Waals surface area contributed by atoms with Crippen LogP contribution < -0.4 is 5.32 Å². The molecular formula is C12H20N2OS. The number of rotatable bonds is 5. The number of nitrogens with zero attached hydrogens (tertiary/aromatic N) is 1. The number of furan rings is 1. The molecule has 1 aromatic rings. The van der Waals surface area contributed by atoms with Crippen molar-refractivity contribution < 1.29 is 4.42 Å². The van der Waals surface area contributed by atoms with Crippen molar-refractivity contribution in [1.82, 2.24) is 10.2 Å². The van der Waals surface area contributed by atoms with Crippen LogP contribution in [0.4, 0.5) is 0 Å². The van der Waals surface area contributed by atoms with Crippen LogP contribution in [-0.2, 0) is 6.54 Å². The molecule has 2 rings (SSSR count). The van der Waals surface area contributed by atoms with Gasteiger partial charge in [-0.25, -0.2) is 0 Å². The zero-order valence-corrected chi connectivity index (χ0v) is 10.5. The molecule has 0 unspecified atom stereocenters. The van der Waals surface area contributed by atoms with Gasteiger partial charge in [-0.1, -0.05) is 0 Å². The van der Waals surface area contributed by atoms with Gasteiger partial charge in [-0.05, 0) is 24.8 Å². The lowest BCUT2D eigenvalue weighted by molar-refractivity contribution is 0.294. The minimum atomic E-state index is 0.916. The van der Waals surface area contributed by atoms with Crippen LogP contribution in [0.15, 0.2) is 23.0 Å². The molecule has 1 aliphatic rings. The second-order valence-electron chi connectivity index (χ2n) is 4.12. The smallest absolute Gasteiger partial charge is 0.0947 e. The van der Waals surface area contributed by atoms with Gasteiger partial charge in [-0.2, -0.15) is 11.8 Å². The number of thioether (sulfide) groups is 1. The van der Waals surface area contributed by atoms with E-state index in [0.717, 1.165) is 13.1 Å². The van der Waals surface area contributed by atoms with Gasteiger partial charge in [0.05, 0.1) is 12.5 Å².